The van der Waals surface area contributed by atoms with E-state index in [1.807, 2.05) is 31.2 Å². The third-order valence-corrected chi connectivity index (χ3v) is 6.87. The number of fused-ring (bicyclic) bond motifs is 5. The summed E-state index contributed by atoms with van der Waals surface area (Å²) in [6, 6.07) is 9.13. The van der Waals surface area contributed by atoms with Crippen LogP contribution in [0.3, 0.4) is 0 Å². The van der Waals surface area contributed by atoms with Crippen molar-refractivity contribution < 1.29 is 18.5 Å². The second-order valence-corrected chi connectivity index (χ2v) is 7.75. The smallest absolute Gasteiger partial charge is 0.319 e. The van der Waals surface area contributed by atoms with Crippen LogP contribution in [0.1, 0.15) is 13.3 Å². The summed E-state index contributed by atoms with van der Waals surface area (Å²) >= 11 is 0. The predicted octanol–water partition coefficient (Wildman–Crippen LogP) is 1.83. The lowest BCUT2D eigenvalue weighted by Gasteiger charge is -2.29. The number of esters is 2. The fraction of sp³-hybridized carbons (Fsp3) is 0.375. The molecule has 0 amide bonds. The lowest BCUT2D eigenvalue weighted by atomic mass is 9.81. The third-order valence-electron chi connectivity index (χ3n) is 4.94. The van der Waals surface area contributed by atoms with Gasteiger partial charge in [0.1, 0.15) is 0 Å². The molecule has 1 aromatic rings. The summed E-state index contributed by atoms with van der Waals surface area (Å²) < 4.78 is 17.1. The van der Waals surface area contributed by atoms with Gasteiger partial charge in [-0.3, -0.25) is 13.8 Å². The van der Waals surface area contributed by atoms with Gasteiger partial charge in [0, 0.05) is 4.90 Å². The Kier molecular flexibility index (Phi) is 2.55. The molecule has 2 fully saturated rings. The highest BCUT2D eigenvalue weighted by atomic mass is 32.2. The van der Waals surface area contributed by atoms with Crippen molar-refractivity contribution in [3.63, 3.8) is 0 Å². The van der Waals surface area contributed by atoms with E-state index in [0.29, 0.717) is 11.3 Å². The Hall–Kier alpha value is -1.75. The van der Waals surface area contributed by atoms with E-state index in [4.69, 9.17) is 4.74 Å². The second kappa shape index (κ2) is 4.13. The van der Waals surface area contributed by atoms with Gasteiger partial charge in [0.05, 0.1) is 27.4 Å². The van der Waals surface area contributed by atoms with Crippen LogP contribution in [0.15, 0.2) is 46.9 Å². The molecule has 21 heavy (non-hydrogen) atoms. The Labute approximate surface area is 124 Å². The highest BCUT2D eigenvalue weighted by molar-refractivity contribution is 7.86. The molecular weight excluding hydrogens is 288 g/mol. The van der Waals surface area contributed by atoms with Crippen LogP contribution < -0.4 is 0 Å². The molecule has 0 N–H and O–H groups in total. The molecule has 0 aromatic heterocycles. The van der Waals surface area contributed by atoms with Crippen LogP contribution in [-0.4, -0.2) is 20.9 Å². The van der Waals surface area contributed by atoms with Gasteiger partial charge in [0.2, 0.25) is 0 Å². The molecule has 3 aliphatic rings. The monoisotopic (exact) mass is 302 g/mol. The van der Waals surface area contributed by atoms with Gasteiger partial charge in [-0.15, -0.1) is 0 Å². The zero-order valence-corrected chi connectivity index (χ0v) is 12.3. The minimum atomic E-state index is -1.37. The van der Waals surface area contributed by atoms with Crippen LogP contribution in [0.4, 0.5) is 0 Å². The third kappa shape index (κ3) is 1.52. The standard InChI is InChI=1S/C16H14O4S/c1-9-7-16(21(19)10-5-3-2-4-6-10)8-11(9)12-13(16)15(18)20-14(12)17/h2-7,11-13H,8H2,1H3/t11?,12-,13+,16?,21?/m1/s1. The second-order valence-electron chi connectivity index (χ2n) is 5.98. The number of carbonyl (C=O) groups is 2. The molecule has 0 spiro atoms. The molecule has 0 radical (unpaired) electrons. The summed E-state index contributed by atoms with van der Waals surface area (Å²) in [5, 5.41) is 0. The molecule has 4 nitrogen and oxygen atoms in total. The summed E-state index contributed by atoms with van der Waals surface area (Å²) in [4.78, 5) is 24.7. The van der Waals surface area contributed by atoms with Gasteiger partial charge >= 0.3 is 11.9 Å². The summed E-state index contributed by atoms with van der Waals surface area (Å²) in [6.07, 6.45) is 2.54. The maximum atomic E-state index is 13.1. The van der Waals surface area contributed by atoms with Gasteiger partial charge in [-0.25, -0.2) is 0 Å². The molecule has 2 aliphatic carbocycles. The number of benzene rings is 1. The SMILES string of the molecule is CC1=CC2(S(=O)c3ccccc3)CC1[C@H]1C(=O)OC(=O)[C@H]12. The molecule has 5 heteroatoms. The number of rotatable bonds is 2. The normalized spacial score (nSPS) is 38.1. The highest BCUT2D eigenvalue weighted by Gasteiger charge is 2.69. The average molecular weight is 302 g/mol. The first-order valence-electron chi connectivity index (χ1n) is 6.96. The van der Waals surface area contributed by atoms with Gasteiger partial charge < -0.3 is 4.74 Å². The Morgan fingerprint density at radius 3 is 2.62 bits per heavy atom. The Bertz CT molecular complexity index is 708. The van der Waals surface area contributed by atoms with Crippen LogP contribution in [0.5, 0.6) is 0 Å². The van der Waals surface area contributed by atoms with E-state index in [9.17, 15) is 13.8 Å². The van der Waals surface area contributed by atoms with Crippen LogP contribution in [0.25, 0.3) is 0 Å². The maximum absolute atomic E-state index is 13.1. The molecule has 108 valence electrons. The summed E-state index contributed by atoms with van der Waals surface area (Å²) in [5.41, 5.74) is 1.05. The van der Waals surface area contributed by atoms with Crippen molar-refractivity contribution in [3.8, 4) is 0 Å². The summed E-state index contributed by atoms with van der Waals surface area (Å²) in [6.45, 7) is 1.95. The van der Waals surface area contributed by atoms with Crippen molar-refractivity contribution in [1.29, 1.82) is 0 Å². The molecule has 1 saturated heterocycles. The van der Waals surface area contributed by atoms with Crippen LogP contribution in [0, 0.1) is 17.8 Å². The van der Waals surface area contributed by atoms with Crippen molar-refractivity contribution in [2.75, 3.05) is 0 Å². The van der Waals surface area contributed by atoms with Crippen LogP contribution in [0.2, 0.25) is 0 Å². The lowest BCUT2D eigenvalue weighted by Crippen LogP contribution is -2.41. The average Bonchev–Trinajstić information content (AvgIpc) is 3.09. The Morgan fingerprint density at radius 1 is 1.19 bits per heavy atom. The van der Waals surface area contributed by atoms with Crippen molar-refractivity contribution in [2.45, 2.75) is 23.0 Å². The van der Waals surface area contributed by atoms with E-state index in [2.05, 4.69) is 0 Å². The van der Waals surface area contributed by atoms with Gasteiger partial charge in [-0.05, 0) is 31.4 Å². The van der Waals surface area contributed by atoms with Crippen LogP contribution in [-0.2, 0) is 25.1 Å². The van der Waals surface area contributed by atoms with E-state index >= 15 is 0 Å². The summed E-state index contributed by atoms with van der Waals surface area (Å²) in [5.74, 6) is -2.02. The number of hydrogen-bond donors (Lipinski definition) is 0. The molecule has 1 heterocycles. The van der Waals surface area contributed by atoms with E-state index < -0.39 is 39.3 Å². The quantitative estimate of drug-likeness (QED) is 0.475. The number of carbonyl (C=O) groups excluding carboxylic acids is 2. The zero-order chi connectivity index (χ0) is 14.8. The lowest BCUT2D eigenvalue weighted by molar-refractivity contribution is -0.154. The maximum Gasteiger partial charge on any atom is 0.319 e. The largest absolute Gasteiger partial charge is 0.393 e. The molecule has 3 unspecified atom stereocenters. The zero-order valence-electron chi connectivity index (χ0n) is 11.4. The Balaban J connectivity index is 1.85. The van der Waals surface area contributed by atoms with E-state index in [0.717, 1.165) is 5.57 Å². The van der Waals surface area contributed by atoms with Crippen molar-refractivity contribution in [1.82, 2.24) is 0 Å². The van der Waals surface area contributed by atoms with Gasteiger partial charge in [0.15, 0.2) is 0 Å². The fourth-order valence-electron chi connectivity index (χ4n) is 4.10. The minimum absolute atomic E-state index is 0.0124. The minimum Gasteiger partial charge on any atom is -0.393 e. The topological polar surface area (TPSA) is 60.4 Å². The molecule has 1 aromatic carbocycles. The van der Waals surface area contributed by atoms with Crippen molar-refractivity contribution in [3.05, 3.63) is 42.0 Å². The molecule has 4 rings (SSSR count). The molecule has 1 saturated carbocycles. The fourth-order valence-corrected chi connectivity index (χ4v) is 6.04. The van der Waals surface area contributed by atoms with E-state index in [1.54, 1.807) is 12.1 Å². The number of cyclic esters (lactones) is 2. The number of ether oxygens (including phenoxy) is 1. The molecule has 5 atom stereocenters. The van der Waals surface area contributed by atoms with Gasteiger partial charge in [-0.2, -0.15) is 0 Å². The highest BCUT2D eigenvalue weighted by Crippen LogP contribution is 2.60. The van der Waals surface area contributed by atoms with E-state index in [-0.39, 0.29) is 5.92 Å². The Morgan fingerprint density at radius 2 is 1.90 bits per heavy atom. The summed E-state index contributed by atoms with van der Waals surface area (Å²) in [7, 11) is -1.37. The number of hydrogen-bond acceptors (Lipinski definition) is 4. The predicted molar refractivity (Wildman–Crippen MR) is 75.5 cm³/mol. The first-order valence-corrected chi connectivity index (χ1v) is 8.11. The van der Waals surface area contributed by atoms with E-state index in [1.165, 1.54) is 0 Å². The van der Waals surface area contributed by atoms with Gasteiger partial charge in [-0.1, -0.05) is 29.8 Å². The van der Waals surface area contributed by atoms with Crippen LogP contribution >= 0.6 is 0 Å². The molecule has 2 bridgehead atoms. The first-order chi connectivity index (χ1) is 10.0. The molecule has 1 aliphatic heterocycles. The van der Waals surface area contributed by atoms with Gasteiger partial charge in [0.25, 0.3) is 0 Å². The van der Waals surface area contributed by atoms with Crippen molar-refractivity contribution >= 4 is 22.7 Å². The first kappa shape index (κ1) is 13.0. The molecular formula is C16H14O4S. The number of allylic oxidation sites excluding steroid dienone is 1. The van der Waals surface area contributed by atoms with Crippen molar-refractivity contribution in [2.24, 2.45) is 17.8 Å².